The van der Waals surface area contributed by atoms with Crippen molar-refractivity contribution in [3.63, 3.8) is 0 Å². The molecule has 0 unspecified atom stereocenters. The van der Waals surface area contributed by atoms with Gasteiger partial charge in [-0.15, -0.1) is 0 Å². The molecule has 0 amide bonds. The third kappa shape index (κ3) is 3.25. The molecule has 1 aliphatic heterocycles. The lowest BCUT2D eigenvalue weighted by molar-refractivity contribution is 0.232. The van der Waals surface area contributed by atoms with Gasteiger partial charge in [-0.25, -0.2) is 4.98 Å². The van der Waals surface area contributed by atoms with E-state index in [0.717, 1.165) is 34.8 Å². The summed E-state index contributed by atoms with van der Waals surface area (Å²) in [5, 5.41) is 4.05. The number of nitrogens with one attached hydrogen (secondary N) is 1. The highest BCUT2D eigenvalue weighted by atomic mass is 16.5. The monoisotopic (exact) mass is 336 g/mol. The van der Waals surface area contributed by atoms with Gasteiger partial charge in [-0.05, 0) is 20.3 Å². The summed E-state index contributed by atoms with van der Waals surface area (Å²) >= 11 is 0. The van der Waals surface area contributed by atoms with E-state index in [-0.39, 0.29) is 5.56 Å². The number of aryl methyl sites for hydroxylation is 2. The van der Waals surface area contributed by atoms with Crippen molar-refractivity contribution >= 4 is 0 Å². The third-order valence-electron chi connectivity index (χ3n) is 4.54. The average molecular weight is 336 g/mol. The van der Waals surface area contributed by atoms with E-state index in [1.54, 1.807) is 0 Å². The van der Waals surface area contributed by atoms with Gasteiger partial charge in [0.05, 0.1) is 11.4 Å². The zero-order valence-corrected chi connectivity index (χ0v) is 14.4. The Morgan fingerprint density at radius 3 is 2.76 bits per heavy atom. The van der Waals surface area contributed by atoms with Crippen molar-refractivity contribution < 1.29 is 4.52 Å². The fourth-order valence-electron chi connectivity index (χ4n) is 3.20. The summed E-state index contributed by atoms with van der Waals surface area (Å²) in [5.41, 5.74) is 4.63. The highest BCUT2D eigenvalue weighted by Crippen LogP contribution is 2.20. The Hall–Kier alpha value is -2.73. The Morgan fingerprint density at radius 2 is 2.04 bits per heavy atom. The van der Waals surface area contributed by atoms with Gasteiger partial charge < -0.3 is 9.51 Å². The molecule has 1 aliphatic rings. The van der Waals surface area contributed by atoms with Gasteiger partial charge in [-0.1, -0.05) is 35.0 Å². The van der Waals surface area contributed by atoms with Crippen LogP contribution in [-0.2, 0) is 19.5 Å². The molecule has 0 radical (unpaired) electrons. The van der Waals surface area contributed by atoms with E-state index >= 15 is 0 Å². The summed E-state index contributed by atoms with van der Waals surface area (Å²) in [7, 11) is 0. The van der Waals surface area contributed by atoms with Gasteiger partial charge >= 0.3 is 0 Å². The van der Waals surface area contributed by atoms with Crippen LogP contribution in [0.3, 0.4) is 0 Å². The molecular formula is C19H20N4O2. The van der Waals surface area contributed by atoms with Crippen LogP contribution in [-0.4, -0.2) is 26.6 Å². The SMILES string of the molecule is Cc1ccc(-c2nc3c(c(=O)[nH]2)CCN(Cc2cc(C)on2)C3)cc1. The molecule has 0 atom stereocenters. The van der Waals surface area contributed by atoms with E-state index in [2.05, 4.69) is 15.0 Å². The number of hydrogen-bond donors (Lipinski definition) is 1. The van der Waals surface area contributed by atoms with Crippen molar-refractivity contribution in [2.45, 2.75) is 33.4 Å². The van der Waals surface area contributed by atoms with Crippen LogP contribution < -0.4 is 5.56 Å². The smallest absolute Gasteiger partial charge is 0.254 e. The quantitative estimate of drug-likeness (QED) is 0.796. The van der Waals surface area contributed by atoms with Crippen LogP contribution in [0.25, 0.3) is 11.4 Å². The summed E-state index contributed by atoms with van der Waals surface area (Å²) in [4.78, 5) is 22.3. The highest BCUT2D eigenvalue weighted by Gasteiger charge is 2.22. The predicted octanol–water partition coefficient (Wildman–Crippen LogP) is 2.60. The Bertz CT molecular complexity index is 956. The van der Waals surface area contributed by atoms with E-state index < -0.39 is 0 Å². The number of aromatic amines is 1. The fraction of sp³-hybridized carbons (Fsp3) is 0.316. The Labute approximate surface area is 145 Å². The maximum Gasteiger partial charge on any atom is 0.254 e. The normalized spacial score (nSPS) is 14.5. The van der Waals surface area contributed by atoms with Crippen LogP contribution in [0.15, 0.2) is 39.6 Å². The number of rotatable bonds is 3. The standard InChI is InChI=1S/C19H20N4O2/c1-12-3-5-14(6-4-12)18-20-17-11-23(8-7-16(17)19(24)21-18)10-15-9-13(2)25-22-15/h3-6,9H,7-8,10-11H2,1-2H3,(H,20,21,24). The van der Waals surface area contributed by atoms with Crippen molar-refractivity contribution in [2.75, 3.05) is 6.54 Å². The average Bonchev–Trinajstić information content (AvgIpc) is 3.00. The minimum absolute atomic E-state index is 0.0301. The molecule has 6 nitrogen and oxygen atoms in total. The molecule has 2 aromatic heterocycles. The van der Waals surface area contributed by atoms with Crippen molar-refractivity contribution in [2.24, 2.45) is 0 Å². The predicted molar refractivity (Wildman–Crippen MR) is 94.1 cm³/mol. The molecule has 0 bridgehead atoms. The summed E-state index contributed by atoms with van der Waals surface area (Å²) in [5.74, 6) is 1.44. The molecule has 0 aliphatic carbocycles. The summed E-state index contributed by atoms with van der Waals surface area (Å²) in [6, 6.07) is 9.96. The topological polar surface area (TPSA) is 75.0 Å². The van der Waals surface area contributed by atoms with Gasteiger partial charge in [0.1, 0.15) is 11.6 Å². The fourth-order valence-corrected chi connectivity index (χ4v) is 3.20. The largest absolute Gasteiger partial charge is 0.361 e. The van der Waals surface area contributed by atoms with E-state index in [4.69, 9.17) is 9.51 Å². The lowest BCUT2D eigenvalue weighted by atomic mass is 10.1. The first-order valence-electron chi connectivity index (χ1n) is 8.42. The Kier molecular flexibility index (Phi) is 3.97. The molecular weight excluding hydrogens is 316 g/mol. The van der Waals surface area contributed by atoms with Crippen molar-refractivity contribution in [3.05, 3.63) is 69.0 Å². The van der Waals surface area contributed by atoms with Gasteiger partial charge in [0.25, 0.3) is 5.56 Å². The lowest BCUT2D eigenvalue weighted by Crippen LogP contribution is -2.35. The summed E-state index contributed by atoms with van der Waals surface area (Å²) < 4.78 is 5.13. The van der Waals surface area contributed by atoms with E-state index in [1.165, 1.54) is 5.56 Å². The molecule has 0 saturated heterocycles. The number of aromatic nitrogens is 3. The van der Waals surface area contributed by atoms with Gasteiger partial charge in [0, 0.05) is 36.8 Å². The van der Waals surface area contributed by atoms with Crippen LogP contribution in [0.1, 0.15) is 28.3 Å². The zero-order chi connectivity index (χ0) is 17.4. The van der Waals surface area contributed by atoms with Gasteiger partial charge in [0.2, 0.25) is 0 Å². The van der Waals surface area contributed by atoms with Crippen LogP contribution in [0.4, 0.5) is 0 Å². The van der Waals surface area contributed by atoms with Crippen LogP contribution >= 0.6 is 0 Å². The molecule has 1 aromatic carbocycles. The van der Waals surface area contributed by atoms with E-state index in [0.29, 0.717) is 25.3 Å². The van der Waals surface area contributed by atoms with Crippen molar-refractivity contribution in [3.8, 4) is 11.4 Å². The third-order valence-corrected chi connectivity index (χ3v) is 4.54. The Balaban J connectivity index is 1.62. The van der Waals surface area contributed by atoms with Crippen LogP contribution in [0.5, 0.6) is 0 Å². The second-order valence-corrected chi connectivity index (χ2v) is 6.60. The first kappa shape index (κ1) is 15.8. The minimum atomic E-state index is -0.0301. The van der Waals surface area contributed by atoms with E-state index in [9.17, 15) is 4.79 Å². The lowest BCUT2D eigenvalue weighted by Gasteiger charge is -2.26. The van der Waals surface area contributed by atoms with Gasteiger partial charge in [-0.2, -0.15) is 0 Å². The first-order chi connectivity index (χ1) is 12.1. The number of nitrogens with zero attached hydrogens (tertiary/aromatic N) is 3. The summed E-state index contributed by atoms with van der Waals surface area (Å²) in [6.07, 6.45) is 0.697. The van der Waals surface area contributed by atoms with Crippen molar-refractivity contribution in [1.82, 2.24) is 20.0 Å². The molecule has 128 valence electrons. The van der Waals surface area contributed by atoms with Crippen molar-refractivity contribution in [1.29, 1.82) is 0 Å². The molecule has 3 heterocycles. The van der Waals surface area contributed by atoms with Crippen LogP contribution in [0.2, 0.25) is 0 Å². The van der Waals surface area contributed by atoms with Gasteiger partial charge in [-0.3, -0.25) is 9.69 Å². The number of fused-ring (bicyclic) bond motifs is 1. The Morgan fingerprint density at radius 1 is 1.24 bits per heavy atom. The van der Waals surface area contributed by atoms with Gasteiger partial charge in [0.15, 0.2) is 0 Å². The number of hydrogen-bond acceptors (Lipinski definition) is 5. The molecule has 3 aromatic rings. The second-order valence-electron chi connectivity index (χ2n) is 6.60. The minimum Gasteiger partial charge on any atom is -0.361 e. The number of H-pyrrole nitrogens is 1. The maximum absolute atomic E-state index is 12.5. The second kappa shape index (κ2) is 6.29. The molecule has 6 heteroatoms. The number of benzene rings is 1. The molecule has 0 spiro atoms. The molecule has 4 rings (SSSR count). The molecule has 0 saturated carbocycles. The van der Waals surface area contributed by atoms with Crippen LogP contribution in [0, 0.1) is 13.8 Å². The summed E-state index contributed by atoms with van der Waals surface area (Å²) in [6.45, 7) is 6.08. The van der Waals surface area contributed by atoms with E-state index in [1.807, 2.05) is 44.2 Å². The zero-order valence-electron chi connectivity index (χ0n) is 14.4. The molecule has 25 heavy (non-hydrogen) atoms. The highest BCUT2D eigenvalue weighted by molar-refractivity contribution is 5.55. The first-order valence-corrected chi connectivity index (χ1v) is 8.42. The maximum atomic E-state index is 12.5. The molecule has 0 fully saturated rings. The molecule has 1 N–H and O–H groups in total.